The fourth-order valence-electron chi connectivity index (χ4n) is 3.49. The van der Waals surface area contributed by atoms with Crippen molar-refractivity contribution >= 4 is 6.29 Å². The van der Waals surface area contributed by atoms with Gasteiger partial charge in [0.1, 0.15) is 6.29 Å². The zero-order valence-electron chi connectivity index (χ0n) is 10.5. The van der Waals surface area contributed by atoms with Gasteiger partial charge in [-0.3, -0.25) is 4.79 Å². The highest BCUT2D eigenvalue weighted by atomic mass is 16.1. The van der Waals surface area contributed by atoms with E-state index in [1.165, 1.54) is 24.8 Å². The number of hydrogen-bond acceptors (Lipinski definition) is 1. The highest BCUT2D eigenvalue weighted by molar-refractivity contribution is 5.74. The summed E-state index contributed by atoms with van der Waals surface area (Å²) in [5.74, 6) is 1.11. The van der Waals surface area contributed by atoms with Gasteiger partial charge in [0, 0.05) is 0 Å². The van der Waals surface area contributed by atoms with Gasteiger partial charge < -0.3 is 0 Å². The van der Waals surface area contributed by atoms with Crippen LogP contribution in [0.5, 0.6) is 0 Å². The summed E-state index contributed by atoms with van der Waals surface area (Å²) in [6.07, 6.45) is 9.21. The monoisotopic (exact) mass is 218 g/mol. The van der Waals surface area contributed by atoms with Crippen LogP contribution in [0.15, 0.2) is 23.8 Å². The van der Waals surface area contributed by atoms with Crippen molar-refractivity contribution in [3.8, 4) is 0 Å². The second-order valence-corrected chi connectivity index (χ2v) is 5.88. The van der Waals surface area contributed by atoms with Crippen LogP contribution in [0.2, 0.25) is 0 Å². The van der Waals surface area contributed by atoms with E-state index in [0.717, 1.165) is 24.7 Å². The Morgan fingerprint density at radius 2 is 2.31 bits per heavy atom. The molecule has 0 N–H and O–H groups in total. The molecule has 0 saturated heterocycles. The van der Waals surface area contributed by atoms with Crippen LogP contribution in [0.1, 0.15) is 46.0 Å². The van der Waals surface area contributed by atoms with E-state index in [-0.39, 0.29) is 0 Å². The van der Waals surface area contributed by atoms with Crippen LogP contribution in [0.25, 0.3) is 0 Å². The summed E-state index contributed by atoms with van der Waals surface area (Å²) >= 11 is 0. The predicted molar refractivity (Wildman–Crippen MR) is 67.1 cm³/mol. The fourth-order valence-corrected chi connectivity index (χ4v) is 3.49. The van der Waals surface area contributed by atoms with Gasteiger partial charge in [-0.2, -0.15) is 0 Å². The topological polar surface area (TPSA) is 17.1 Å². The fraction of sp³-hybridized carbons (Fsp3) is 0.667. The first-order chi connectivity index (χ1) is 7.57. The van der Waals surface area contributed by atoms with E-state index in [1.54, 1.807) is 0 Å². The van der Waals surface area contributed by atoms with Gasteiger partial charge in [-0.1, -0.05) is 25.2 Å². The Balaban J connectivity index is 2.24. The zero-order chi connectivity index (χ0) is 11.8. The van der Waals surface area contributed by atoms with Crippen molar-refractivity contribution in [2.75, 3.05) is 0 Å². The van der Waals surface area contributed by atoms with Crippen LogP contribution in [0.4, 0.5) is 0 Å². The van der Waals surface area contributed by atoms with Gasteiger partial charge in [-0.15, -0.1) is 0 Å². The van der Waals surface area contributed by atoms with Crippen molar-refractivity contribution in [3.63, 3.8) is 0 Å². The first kappa shape index (κ1) is 11.6. The lowest BCUT2D eigenvalue weighted by atomic mass is 9.57. The Labute approximate surface area is 98.6 Å². The Bertz CT molecular complexity index is 339. The summed E-state index contributed by atoms with van der Waals surface area (Å²) in [6.45, 7) is 8.57. The number of allylic oxidation sites excluding steroid dienone is 3. The lowest BCUT2D eigenvalue weighted by molar-refractivity contribution is -0.106. The van der Waals surface area contributed by atoms with Crippen LogP contribution in [0, 0.1) is 17.3 Å². The minimum Gasteiger partial charge on any atom is -0.298 e. The molecule has 3 atom stereocenters. The summed E-state index contributed by atoms with van der Waals surface area (Å²) in [7, 11) is 0. The van der Waals surface area contributed by atoms with E-state index in [9.17, 15) is 4.79 Å². The van der Waals surface area contributed by atoms with E-state index in [0.29, 0.717) is 17.3 Å². The van der Waals surface area contributed by atoms with Gasteiger partial charge in [0.15, 0.2) is 0 Å². The van der Waals surface area contributed by atoms with Gasteiger partial charge >= 0.3 is 0 Å². The Morgan fingerprint density at radius 1 is 1.56 bits per heavy atom. The molecular formula is C15H22O. The van der Waals surface area contributed by atoms with Crippen molar-refractivity contribution in [2.24, 2.45) is 17.3 Å². The van der Waals surface area contributed by atoms with Crippen molar-refractivity contribution in [2.45, 2.75) is 46.0 Å². The average molecular weight is 218 g/mol. The zero-order valence-corrected chi connectivity index (χ0v) is 10.5. The molecule has 2 aliphatic rings. The van der Waals surface area contributed by atoms with Crippen molar-refractivity contribution in [1.82, 2.24) is 0 Å². The molecular weight excluding hydrogens is 196 g/mol. The Kier molecular flexibility index (Phi) is 3.05. The molecule has 2 aliphatic carbocycles. The summed E-state index contributed by atoms with van der Waals surface area (Å²) in [4.78, 5) is 11.1. The van der Waals surface area contributed by atoms with E-state index in [4.69, 9.17) is 0 Å². The van der Waals surface area contributed by atoms with Gasteiger partial charge in [0.2, 0.25) is 0 Å². The quantitative estimate of drug-likeness (QED) is 0.507. The van der Waals surface area contributed by atoms with E-state index >= 15 is 0 Å². The van der Waals surface area contributed by atoms with Gasteiger partial charge in [0.25, 0.3) is 0 Å². The first-order valence-electron chi connectivity index (χ1n) is 6.37. The minimum absolute atomic E-state index is 0.372. The predicted octanol–water partition coefficient (Wildman–Crippen LogP) is 3.90. The average Bonchev–Trinajstić information content (AvgIpc) is 2.26. The number of carbonyl (C=O) groups excluding carboxylic acids is 1. The van der Waals surface area contributed by atoms with Crippen molar-refractivity contribution in [3.05, 3.63) is 23.8 Å². The molecule has 0 amide bonds. The SMILES string of the molecule is C=C(C)[C@@H]1CC[C@@]2(C)CCC=C(C=O)C2C1. The summed E-state index contributed by atoms with van der Waals surface area (Å²) in [5, 5.41) is 0. The lowest BCUT2D eigenvalue weighted by Crippen LogP contribution is -2.38. The molecule has 0 radical (unpaired) electrons. The van der Waals surface area contributed by atoms with Gasteiger partial charge in [-0.05, 0) is 61.9 Å². The molecule has 1 saturated carbocycles. The van der Waals surface area contributed by atoms with Crippen LogP contribution < -0.4 is 0 Å². The van der Waals surface area contributed by atoms with E-state index in [2.05, 4.69) is 26.5 Å². The molecule has 88 valence electrons. The minimum atomic E-state index is 0.372. The molecule has 0 aromatic carbocycles. The van der Waals surface area contributed by atoms with Crippen LogP contribution in [0.3, 0.4) is 0 Å². The number of fused-ring (bicyclic) bond motifs is 1. The summed E-state index contributed by atoms with van der Waals surface area (Å²) < 4.78 is 0. The Hall–Kier alpha value is -0.850. The Morgan fingerprint density at radius 3 is 2.94 bits per heavy atom. The molecule has 1 fully saturated rings. The second kappa shape index (κ2) is 4.20. The standard InChI is InChI=1S/C15H22O/c1-11(2)12-6-8-15(3)7-4-5-13(10-16)14(15)9-12/h5,10,12,14H,1,4,6-9H2,2-3H3/t12-,14?,15-/m1/s1. The van der Waals surface area contributed by atoms with Crippen LogP contribution >= 0.6 is 0 Å². The highest BCUT2D eigenvalue weighted by Gasteiger charge is 2.42. The number of aldehydes is 1. The van der Waals surface area contributed by atoms with Gasteiger partial charge in [-0.25, -0.2) is 0 Å². The molecule has 1 unspecified atom stereocenters. The maximum atomic E-state index is 11.1. The first-order valence-corrected chi connectivity index (χ1v) is 6.37. The summed E-state index contributed by atoms with van der Waals surface area (Å²) in [5.41, 5.74) is 2.72. The molecule has 1 heteroatoms. The number of rotatable bonds is 2. The summed E-state index contributed by atoms with van der Waals surface area (Å²) in [6, 6.07) is 0. The molecule has 0 heterocycles. The molecule has 1 nitrogen and oxygen atoms in total. The molecule has 0 aliphatic heterocycles. The van der Waals surface area contributed by atoms with Crippen molar-refractivity contribution < 1.29 is 4.79 Å². The number of carbonyl (C=O) groups is 1. The normalized spacial score (nSPS) is 38.5. The van der Waals surface area contributed by atoms with Crippen LogP contribution in [-0.4, -0.2) is 6.29 Å². The molecule has 0 aromatic rings. The third-order valence-corrected chi connectivity index (χ3v) is 4.76. The maximum absolute atomic E-state index is 11.1. The lowest BCUT2D eigenvalue weighted by Gasteiger charge is -2.47. The molecule has 0 spiro atoms. The van der Waals surface area contributed by atoms with E-state index < -0.39 is 0 Å². The van der Waals surface area contributed by atoms with Gasteiger partial charge in [0.05, 0.1) is 0 Å². The molecule has 16 heavy (non-hydrogen) atoms. The highest BCUT2D eigenvalue weighted by Crippen LogP contribution is 2.52. The smallest absolute Gasteiger partial charge is 0.146 e. The molecule has 0 bridgehead atoms. The third kappa shape index (κ3) is 1.88. The second-order valence-electron chi connectivity index (χ2n) is 5.88. The molecule has 2 rings (SSSR count). The largest absolute Gasteiger partial charge is 0.298 e. The van der Waals surface area contributed by atoms with E-state index in [1.807, 2.05) is 0 Å². The third-order valence-electron chi connectivity index (χ3n) is 4.76. The van der Waals surface area contributed by atoms with Crippen LogP contribution in [-0.2, 0) is 4.79 Å². The van der Waals surface area contributed by atoms with Crippen molar-refractivity contribution in [1.29, 1.82) is 0 Å². The maximum Gasteiger partial charge on any atom is 0.146 e. The number of hydrogen-bond donors (Lipinski definition) is 0. The molecule has 0 aromatic heterocycles.